The number of hydrogen-bond donors (Lipinski definition) is 0. The lowest BCUT2D eigenvalue weighted by Crippen LogP contribution is -2.05. The Labute approximate surface area is 225 Å². The lowest BCUT2D eigenvalue weighted by molar-refractivity contribution is -0.129. The van der Waals surface area contributed by atoms with Crippen molar-refractivity contribution in [3.8, 4) is 11.5 Å². The molecule has 0 unspecified atom stereocenters. The SMILES string of the molecule is CCOc1cc(/C=C2\N=C(c3ccc4ccccc4c3)OC2=O)cc(Br)c1OCc1ccc(Br)cc1. The molecule has 0 saturated heterocycles. The minimum Gasteiger partial charge on any atom is -0.490 e. The van der Waals surface area contributed by atoms with Crippen molar-refractivity contribution in [3.63, 3.8) is 0 Å². The van der Waals surface area contributed by atoms with E-state index in [9.17, 15) is 4.79 Å². The molecule has 0 N–H and O–H groups in total. The van der Waals surface area contributed by atoms with Crippen LogP contribution in [-0.2, 0) is 16.1 Å². The van der Waals surface area contributed by atoms with E-state index in [0.29, 0.717) is 29.2 Å². The van der Waals surface area contributed by atoms with Gasteiger partial charge < -0.3 is 14.2 Å². The summed E-state index contributed by atoms with van der Waals surface area (Å²) in [5.41, 5.74) is 2.73. The average Bonchev–Trinajstić information content (AvgIpc) is 3.24. The van der Waals surface area contributed by atoms with Gasteiger partial charge in [-0.3, -0.25) is 0 Å². The van der Waals surface area contributed by atoms with Gasteiger partial charge >= 0.3 is 5.97 Å². The number of carbonyl (C=O) groups is 1. The van der Waals surface area contributed by atoms with E-state index in [2.05, 4.69) is 36.9 Å². The van der Waals surface area contributed by atoms with Crippen molar-refractivity contribution in [1.82, 2.24) is 0 Å². The quantitative estimate of drug-likeness (QED) is 0.160. The monoisotopic (exact) mass is 605 g/mol. The second-order valence-corrected chi connectivity index (χ2v) is 9.85. The third kappa shape index (κ3) is 5.37. The van der Waals surface area contributed by atoms with Gasteiger partial charge in [0.2, 0.25) is 5.90 Å². The van der Waals surface area contributed by atoms with Gasteiger partial charge in [0, 0.05) is 10.0 Å². The van der Waals surface area contributed by atoms with E-state index in [1.54, 1.807) is 6.08 Å². The smallest absolute Gasteiger partial charge is 0.363 e. The normalized spacial score (nSPS) is 14.1. The maximum Gasteiger partial charge on any atom is 0.363 e. The molecule has 0 radical (unpaired) electrons. The van der Waals surface area contributed by atoms with Crippen molar-refractivity contribution in [2.24, 2.45) is 4.99 Å². The Morgan fingerprint density at radius 2 is 1.69 bits per heavy atom. The Morgan fingerprint density at radius 3 is 2.47 bits per heavy atom. The average molecular weight is 607 g/mol. The Kier molecular flexibility index (Phi) is 7.20. The molecule has 0 spiro atoms. The maximum atomic E-state index is 12.6. The van der Waals surface area contributed by atoms with Crippen molar-refractivity contribution in [2.45, 2.75) is 13.5 Å². The number of nitrogens with zero attached hydrogens (tertiary/aromatic N) is 1. The number of rotatable bonds is 7. The van der Waals surface area contributed by atoms with Crippen LogP contribution in [0.3, 0.4) is 0 Å². The molecule has 0 saturated carbocycles. The third-order valence-electron chi connectivity index (χ3n) is 5.55. The summed E-state index contributed by atoms with van der Waals surface area (Å²) in [6, 6.07) is 25.5. The number of benzene rings is 4. The zero-order chi connectivity index (χ0) is 25.1. The standard InChI is InChI=1S/C29H21Br2NO4/c1-2-34-26-15-19(13-24(31)27(26)35-17-18-7-11-23(30)12-8-18)14-25-29(33)36-28(32-25)22-10-9-20-5-3-4-6-21(20)16-22/h3-16H,2,17H2,1H3/b25-14-. The van der Waals surface area contributed by atoms with Crippen LogP contribution in [0.4, 0.5) is 0 Å². The summed E-state index contributed by atoms with van der Waals surface area (Å²) in [7, 11) is 0. The summed E-state index contributed by atoms with van der Waals surface area (Å²) in [6.07, 6.45) is 1.68. The van der Waals surface area contributed by atoms with Gasteiger partial charge in [-0.25, -0.2) is 9.79 Å². The van der Waals surface area contributed by atoms with E-state index in [-0.39, 0.29) is 11.6 Å². The first kappa shape index (κ1) is 24.3. The number of halogens is 2. The molecule has 5 nitrogen and oxygen atoms in total. The first-order valence-electron chi connectivity index (χ1n) is 11.4. The largest absolute Gasteiger partial charge is 0.490 e. The van der Waals surface area contributed by atoms with E-state index in [4.69, 9.17) is 14.2 Å². The molecular formula is C29H21Br2NO4. The van der Waals surface area contributed by atoms with Gasteiger partial charge in [-0.2, -0.15) is 0 Å². The highest BCUT2D eigenvalue weighted by molar-refractivity contribution is 9.10. The minimum absolute atomic E-state index is 0.219. The molecule has 0 fully saturated rings. The van der Waals surface area contributed by atoms with Crippen LogP contribution in [0, 0.1) is 0 Å². The first-order chi connectivity index (χ1) is 17.5. The second-order valence-electron chi connectivity index (χ2n) is 8.08. The van der Waals surface area contributed by atoms with E-state index < -0.39 is 5.97 Å². The Morgan fingerprint density at radius 1 is 0.917 bits per heavy atom. The topological polar surface area (TPSA) is 57.1 Å². The molecule has 4 aromatic carbocycles. The van der Waals surface area contributed by atoms with Crippen LogP contribution in [0.5, 0.6) is 11.5 Å². The van der Waals surface area contributed by atoms with Crippen LogP contribution in [0.25, 0.3) is 16.8 Å². The molecule has 36 heavy (non-hydrogen) atoms. The maximum absolute atomic E-state index is 12.6. The van der Waals surface area contributed by atoms with Crippen LogP contribution in [-0.4, -0.2) is 18.5 Å². The van der Waals surface area contributed by atoms with Crippen molar-refractivity contribution in [1.29, 1.82) is 0 Å². The van der Waals surface area contributed by atoms with Crippen LogP contribution in [0.15, 0.2) is 98.5 Å². The van der Waals surface area contributed by atoms with Gasteiger partial charge in [-0.1, -0.05) is 58.4 Å². The highest BCUT2D eigenvalue weighted by atomic mass is 79.9. The zero-order valence-electron chi connectivity index (χ0n) is 19.3. The molecule has 7 heteroatoms. The van der Waals surface area contributed by atoms with E-state index in [0.717, 1.165) is 31.9 Å². The molecule has 4 aromatic rings. The molecule has 5 rings (SSSR count). The second kappa shape index (κ2) is 10.7. The highest BCUT2D eigenvalue weighted by Crippen LogP contribution is 2.38. The minimum atomic E-state index is -0.497. The molecule has 1 aliphatic rings. The number of cyclic esters (lactones) is 1. The summed E-state index contributed by atoms with van der Waals surface area (Å²) in [5.74, 6) is 0.954. The molecular weight excluding hydrogens is 586 g/mol. The van der Waals surface area contributed by atoms with Gasteiger partial charge in [-0.15, -0.1) is 0 Å². The van der Waals surface area contributed by atoms with E-state index in [1.807, 2.05) is 85.8 Å². The van der Waals surface area contributed by atoms with Crippen molar-refractivity contribution in [2.75, 3.05) is 6.61 Å². The summed E-state index contributed by atoms with van der Waals surface area (Å²) < 4.78 is 19.1. The molecule has 1 aliphatic heterocycles. The Balaban J connectivity index is 1.42. The molecule has 0 atom stereocenters. The summed E-state index contributed by atoms with van der Waals surface area (Å²) in [4.78, 5) is 17.1. The first-order valence-corrected chi connectivity index (χ1v) is 12.9. The van der Waals surface area contributed by atoms with Crippen LogP contribution in [0.2, 0.25) is 0 Å². The van der Waals surface area contributed by atoms with E-state index in [1.165, 1.54) is 0 Å². The van der Waals surface area contributed by atoms with Crippen molar-refractivity contribution < 1.29 is 19.0 Å². The molecule has 0 amide bonds. The summed E-state index contributed by atoms with van der Waals surface area (Å²) >= 11 is 7.04. The summed E-state index contributed by atoms with van der Waals surface area (Å²) in [5, 5.41) is 2.16. The predicted molar refractivity (Wildman–Crippen MR) is 148 cm³/mol. The third-order valence-corrected chi connectivity index (χ3v) is 6.67. The van der Waals surface area contributed by atoms with Crippen molar-refractivity contribution >= 4 is 60.6 Å². The summed E-state index contributed by atoms with van der Waals surface area (Å²) in [6.45, 7) is 2.76. The fourth-order valence-electron chi connectivity index (χ4n) is 3.82. The van der Waals surface area contributed by atoms with Gasteiger partial charge in [0.1, 0.15) is 6.61 Å². The fraction of sp³-hybridized carbons (Fsp3) is 0.103. The van der Waals surface area contributed by atoms with E-state index >= 15 is 0 Å². The van der Waals surface area contributed by atoms with Crippen LogP contribution in [0.1, 0.15) is 23.6 Å². The fourth-order valence-corrected chi connectivity index (χ4v) is 4.66. The number of hydrogen-bond acceptors (Lipinski definition) is 5. The number of aliphatic imine (C=N–C) groups is 1. The van der Waals surface area contributed by atoms with Crippen LogP contribution < -0.4 is 9.47 Å². The Bertz CT molecular complexity index is 1510. The number of esters is 1. The van der Waals surface area contributed by atoms with Crippen molar-refractivity contribution in [3.05, 3.63) is 110 Å². The van der Waals surface area contributed by atoms with Gasteiger partial charge in [0.25, 0.3) is 0 Å². The number of fused-ring (bicyclic) bond motifs is 1. The number of carbonyl (C=O) groups excluding carboxylic acids is 1. The Hall–Kier alpha value is -3.42. The zero-order valence-corrected chi connectivity index (χ0v) is 22.5. The highest BCUT2D eigenvalue weighted by Gasteiger charge is 2.25. The van der Waals surface area contributed by atoms with Crippen LogP contribution >= 0.6 is 31.9 Å². The number of ether oxygens (including phenoxy) is 3. The molecule has 0 bridgehead atoms. The van der Waals surface area contributed by atoms with Gasteiger partial charge in [0.15, 0.2) is 17.2 Å². The molecule has 1 heterocycles. The molecule has 180 valence electrons. The van der Waals surface area contributed by atoms with Gasteiger partial charge in [0.05, 0.1) is 11.1 Å². The molecule has 0 aliphatic carbocycles. The van der Waals surface area contributed by atoms with Gasteiger partial charge in [-0.05, 0) is 87.2 Å². The predicted octanol–water partition coefficient (Wildman–Crippen LogP) is 7.69. The lowest BCUT2D eigenvalue weighted by atomic mass is 10.1. The lowest BCUT2D eigenvalue weighted by Gasteiger charge is -2.15. The molecule has 0 aromatic heterocycles.